The molecular formula is C27H18B3N15. The molecule has 45 heavy (non-hydrogen) atoms. The Balaban J connectivity index is 1.30. The molecular weight excluding hydrogens is 567 g/mol. The minimum atomic E-state index is -0.534. The Morgan fingerprint density at radius 3 is 0.867 bits per heavy atom. The second kappa shape index (κ2) is 9.09. The van der Waals surface area contributed by atoms with Crippen LogP contribution >= 0.6 is 0 Å². The highest BCUT2D eigenvalue weighted by Gasteiger charge is 2.72. The molecule has 0 unspecified atom stereocenters. The number of aromatic nitrogens is 9. The molecule has 4 aliphatic rings. The maximum absolute atomic E-state index is 4.91. The van der Waals surface area contributed by atoms with Crippen LogP contribution in [0.2, 0.25) is 0 Å². The van der Waals surface area contributed by atoms with E-state index in [-0.39, 0.29) is 0 Å². The lowest BCUT2D eigenvalue weighted by atomic mass is 9.56. The standard InChI is InChI=1S/C27H18B3N15/c1-4-10-31-19(7-1)40-22-25(37-16-13-34-22)43-28(40)44-26-23(35-14-17-38-26)41(20-8-2-5-11-32-20)30(44)45-27-24(36-15-18-39-27)42(29(43)45)21-9-3-6-12-33-21/h1-18H. The fourth-order valence-corrected chi connectivity index (χ4v) is 6.69. The first kappa shape index (κ1) is 24.2. The van der Waals surface area contributed by atoms with Crippen LogP contribution in [0.3, 0.4) is 0 Å². The van der Waals surface area contributed by atoms with Crippen molar-refractivity contribution in [2.75, 3.05) is 28.6 Å². The lowest BCUT2D eigenvalue weighted by Crippen LogP contribution is -2.84. The van der Waals surface area contributed by atoms with E-state index < -0.39 is 21.4 Å². The number of fused-ring (bicyclic) bond motifs is 12. The van der Waals surface area contributed by atoms with Gasteiger partial charge in [-0.15, -0.1) is 0 Å². The van der Waals surface area contributed by atoms with Crippen LogP contribution in [0.1, 0.15) is 0 Å². The summed E-state index contributed by atoms with van der Waals surface area (Å²) in [7, 11) is -1.60. The largest absolute Gasteiger partial charge is 0.494 e. The van der Waals surface area contributed by atoms with Crippen LogP contribution in [-0.2, 0) is 0 Å². The first-order chi connectivity index (χ1) is 22.4. The average molecular weight is 585 g/mol. The molecule has 0 atom stereocenters. The smallest absolute Gasteiger partial charge is 0.365 e. The zero-order valence-electron chi connectivity index (χ0n) is 23.3. The quantitative estimate of drug-likeness (QED) is 0.281. The molecule has 0 amide bonds. The van der Waals surface area contributed by atoms with Gasteiger partial charge in [-0.05, 0) is 36.4 Å². The Morgan fingerprint density at radius 1 is 0.311 bits per heavy atom. The van der Waals surface area contributed by atoms with Gasteiger partial charge in [0.1, 0.15) is 17.5 Å². The maximum atomic E-state index is 4.91. The lowest BCUT2D eigenvalue weighted by molar-refractivity contribution is 1.14. The molecule has 15 nitrogen and oxygen atoms in total. The van der Waals surface area contributed by atoms with Gasteiger partial charge in [0.2, 0.25) is 0 Å². The van der Waals surface area contributed by atoms with E-state index in [1.54, 1.807) is 55.8 Å². The lowest BCUT2D eigenvalue weighted by Gasteiger charge is -2.49. The second-order valence-corrected chi connectivity index (χ2v) is 10.5. The van der Waals surface area contributed by atoms with E-state index in [2.05, 4.69) is 28.6 Å². The number of hydrogen-bond donors (Lipinski definition) is 0. The molecule has 0 bridgehead atoms. The van der Waals surface area contributed by atoms with Crippen molar-refractivity contribution >= 4 is 73.7 Å². The van der Waals surface area contributed by atoms with Gasteiger partial charge in [-0.1, -0.05) is 18.2 Å². The highest BCUT2D eigenvalue weighted by molar-refractivity contribution is 7.10. The van der Waals surface area contributed by atoms with E-state index in [0.29, 0.717) is 52.4 Å². The van der Waals surface area contributed by atoms with Crippen LogP contribution in [0.5, 0.6) is 0 Å². The summed E-state index contributed by atoms with van der Waals surface area (Å²) in [6, 6.07) is 17.5. The van der Waals surface area contributed by atoms with Gasteiger partial charge in [-0.2, -0.15) is 0 Å². The Labute approximate surface area is 257 Å². The molecule has 0 spiro atoms. The van der Waals surface area contributed by atoms with Gasteiger partial charge in [0.25, 0.3) is 0 Å². The molecule has 18 heteroatoms. The summed E-state index contributed by atoms with van der Waals surface area (Å²) in [4.78, 5) is 49.9. The third-order valence-electron chi connectivity index (χ3n) is 8.27. The molecule has 6 aromatic heterocycles. The van der Waals surface area contributed by atoms with E-state index >= 15 is 0 Å². The van der Waals surface area contributed by atoms with E-state index in [1.165, 1.54) is 0 Å². The molecule has 10 heterocycles. The molecule has 10 rings (SSSR count). The van der Waals surface area contributed by atoms with Gasteiger partial charge in [0.15, 0.2) is 34.9 Å². The van der Waals surface area contributed by atoms with Gasteiger partial charge in [-0.3, -0.25) is 0 Å². The van der Waals surface area contributed by atoms with Crippen LogP contribution in [-0.4, -0.2) is 66.2 Å². The van der Waals surface area contributed by atoms with Crippen molar-refractivity contribution < 1.29 is 0 Å². The zero-order valence-corrected chi connectivity index (χ0v) is 23.3. The summed E-state index contributed by atoms with van der Waals surface area (Å²) < 4.78 is 6.60. The minimum absolute atomic E-state index is 0.534. The van der Waals surface area contributed by atoms with Gasteiger partial charge >= 0.3 is 21.4 Å². The van der Waals surface area contributed by atoms with Crippen molar-refractivity contribution in [3.8, 4) is 0 Å². The highest BCUT2D eigenvalue weighted by Crippen LogP contribution is 2.54. The molecule has 0 aliphatic carbocycles. The van der Waals surface area contributed by atoms with Crippen molar-refractivity contribution in [1.29, 1.82) is 0 Å². The third-order valence-corrected chi connectivity index (χ3v) is 8.27. The Bertz CT molecular complexity index is 1820. The van der Waals surface area contributed by atoms with E-state index in [1.807, 2.05) is 54.6 Å². The number of rotatable bonds is 3. The fourth-order valence-electron chi connectivity index (χ4n) is 6.69. The molecule has 1 saturated heterocycles. The first-order valence-electron chi connectivity index (χ1n) is 14.3. The summed E-state index contributed by atoms with van der Waals surface area (Å²) in [6.45, 7) is 0. The van der Waals surface area contributed by atoms with Crippen LogP contribution in [0, 0.1) is 0 Å². The monoisotopic (exact) mass is 585 g/mol. The molecule has 0 aromatic carbocycles. The predicted octanol–water partition coefficient (Wildman–Crippen LogP) is 2.48. The Hall–Kier alpha value is -6.32. The SMILES string of the molecule is c1ccc(N2B3N(B4N(B5N3c3nccnc3N5c3ccccn3)c3nccnc3N4c3ccccn3)c3nccnc32)nc1. The van der Waals surface area contributed by atoms with Crippen LogP contribution < -0.4 is 28.6 Å². The summed E-state index contributed by atoms with van der Waals surface area (Å²) in [6.07, 6.45) is 15.5. The van der Waals surface area contributed by atoms with Crippen molar-refractivity contribution in [1.82, 2.24) is 44.9 Å². The van der Waals surface area contributed by atoms with E-state index in [0.717, 1.165) is 0 Å². The highest BCUT2D eigenvalue weighted by atomic mass is 15.6. The van der Waals surface area contributed by atoms with Crippen molar-refractivity contribution in [3.63, 3.8) is 0 Å². The topological polar surface area (TPSA) is 135 Å². The van der Waals surface area contributed by atoms with Crippen LogP contribution in [0.4, 0.5) is 52.4 Å². The Morgan fingerprint density at radius 2 is 0.600 bits per heavy atom. The van der Waals surface area contributed by atoms with Gasteiger partial charge in [-0.25, -0.2) is 44.9 Å². The molecule has 0 radical (unpaired) electrons. The van der Waals surface area contributed by atoms with E-state index in [9.17, 15) is 0 Å². The Kier molecular flexibility index (Phi) is 4.88. The van der Waals surface area contributed by atoms with Gasteiger partial charge in [0, 0.05) is 55.8 Å². The molecule has 0 N–H and O–H groups in total. The van der Waals surface area contributed by atoms with Gasteiger partial charge in [0.05, 0.1) is 0 Å². The summed E-state index contributed by atoms with van der Waals surface area (Å²) in [5.74, 6) is 6.07. The van der Waals surface area contributed by atoms with Gasteiger partial charge < -0.3 is 28.6 Å². The summed E-state index contributed by atoms with van der Waals surface area (Å²) >= 11 is 0. The summed E-state index contributed by atoms with van der Waals surface area (Å²) in [5.41, 5.74) is 0. The predicted molar refractivity (Wildman–Crippen MR) is 170 cm³/mol. The number of nitrogens with zero attached hydrogens (tertiary/aromatic N) is 15. The second-order valence-electron chi connectivity index (χ2n) is 10.5. The first-order valence-corrected chi connectivity index (χ1v) is 14.3. The molecule has 4 aliphatic heterocycles. The molecule has 6 aromatic rings. The number of anilines is 9. The van der Waals surface area contributed by atoms with Crippen LogP contribution in [0.25, 0.3) is 0 Å². The average Bonchev–Trinajstić information content (AvgIpc) is 3.75. The van der Waals surface area contributed by atoms with Crippen LogP contribution in [0.15, 0.2) is 110 Å². The maximum Gasteiger partial charge on any atom is 0.494 e. The summed E-state index contributed by atoms with van der Waals surface area (Å²) in [5, 5.41) is 0. The molecule has 210 valence electrons. The van der Waals surface area contributed by atoms with Crippen molar-refractivity contribution in [3.05, 3.63) is 110 Å². The van der Waals surface area contributed by atoms with Crippen molar-refractivity contribution in [2.45, 2.75) is 0 Å². The van der Waals surface area contributed by atoms with E-state index in [4.69, 9.17) is 44.9 Å². The number of pyridine rings is 3. The third kappa shape index (κ3) is 3.19. The zero-order chi connectivity index (χ0) is 29.5. The number of hydrogen-bond acceptors (Lipinski definition) is 15. The molecule has 1 fully saturated rings. The fraction of sp³-hybridized carbons (Fsp3) is 0. The normalized spacial score (nSPS) is 15.6. The minimum Gasteiger partial charge on any atom is -0.365 e. The molecule has 0 saturated carbocycles. The van der Waals surface area contributed by atoms with Crippen molar-refractivity contribution in [2.24, 2.45) is 0 Å².